The van der Waals surface area contributed by atoms with Gasteiger partial charge >= 0.3 is 0 Å². The molecule has 1 unspecified atom stereocenters. The van der Waals surface area contributed by atoms with Crippen molar-refractivity contribution in [3.8, 4) is 0 Å². The molecule has 0 radical (unpaired) electrons. The predicted molar refractivity (Wildman–Crippen MR) is 97.4 cm³/mol. The summed E-state index contributed by atoms with van der Waals surface area (Å²) in [5.74, 6) is 1.22. The van der Waals surface area contributed by atoms with E-state index in [1.165, 1.54) is 20.5 Å². The molecule has 1 N–H and O–H groups in total. The fraction of sp³-hybridized carbons (Fsp3) is 0.444. The van der Waals surface area contributed by atoms with Crippen LogP contribution in [0.15, 0.2) is 40.2 Å². The van der Waals surface area contributed by atoms with E-state index in [0.29, 0.717) is 11.8 Å². The molecule has 1 atom stereocenters. The average Bonchev–Trinajstić information content (AvgIpc) is 2.84. The van der Waals surface area contributed by atoms with Crippen molar-refractivity contribution in [1.82, 2.24) is 5.32 Å². The Labute approximate surface area is 140 Å². The lowest BCUT2D eigenvalue weighted by Crippen LogP contribution is -2.26. The number of rotatable bonds is 7. The number of benzene rings is 1. The summed E-state index contributed by atoms with van der Waals surface area (Å²) in [4.78, 5) is 1.44. The van der Waals surface area contributed by atoms with Gasteiger partial charge in [-0.05, 0) is 58.7 Å². The van der Waals surface area contributed by atoms with Gasteiger partial charge in [-0.25, -0.2) is 0 Å². The van der Waals surface area contributed by atoms with Gasteiger partial charge in [0.25, 0.3) is 0 Å². The predicted octanol–water partition coefficient (Wildman–Crippen LogP) is 5.39. The van der Waals surface area contributed by atoms with Crippen molar-refractivity contribution < 1.29 is 0 Å². The van der Waals surface area contributed by atoms with E-state index in [0.717, 1.165) is 19.5 Å². The van der Waals surface area contributed by atoms with Crippen LogP contribution in [0.4, 0.5) is 0 Å². The number of thiophene rings is 1. The summed E-state index contributed by atoms with van der Waals surface area (Å²) in [6.07, 6.45) is 1.09. The number of hydrogen-bond donors (Lipinski definition) is 1. The monoisotopic (exact) mass is 365 g/mol. The second kappa shape index (κ2) is 8.11. The van der Waals surface area contributed by atoms with E-state index in [4.69, 9.17) is 0 Å². The summed E-state index contributed by atoms with van der Waals surface area (Å²) < 4.78 is 1.24. The SMILES string of the molecule is Cc1ccc(C(CNCC(C)C)Cc2sccc2Br)cc1. The highest BCUT2D eigenvalue weighted by atomic mass is 79.9. The Morgan fingerprint density at radius 1 is 1.10 bits per heavy atom. The Balaban J connectivity index is 2.09. The van der Waals surface area contributed by atoms with Crippen LogP contribution in [-0.2, 0) is 6.42 Å². The summed E-state index contributed by atoms with van der Waals surface area (Å²) in [6, 6.07) is 11.1. The van der Waals surface area contributed by atoms with Crippen LogP contribution in [0, 0.1) is 12.8 Å². The Hall–Kier alpha value is -0.640. The van der Waals surface area contributed by atoms with E-state index in [9.17, 15) is 0 Å². The third-order valence-corrected chi connectivity index (χ3v) is 5.56. The molecule has 1 heterocycles. The summed E-state index contributed by atoms with van der Waals surface area (Å²) in [6.45, 7) is 8.76. The zero-order valence-corrected chi connectivity index (χ0v) is 15.4. The summed E-state index contributed by atoms with van der Waals surface area (Å²) in [5.41, 5.74) is 2.75. The second-order valence-electron chi connectivity index (χ2n) is 6.06. The topological polar surface area (TPSA) is 12.0 Å². The van der Waals surface area contributed by atoms with Crippen LogP contribution in [0.3, 0.4) is 0 Å². The molecule has 1 aromatic heterocycles. The Morgan fingerprint density at radius 3 is 2.38 bits per heavy atom. The molecule has 0 fully saturated rings. The summed E-state index contributed by atoms with van der Waals surface area (Å²) in [7, 11) is 0. The van der Waals surface area contributed by atoms with Crippen molar-refractivity contribution in [2.24, 2.45) is 5.92 Å². The van der Waals surface area contributed by atoms with Crippen molar-refractivity contribution in [2.45, 2.75) is 33.1 Å². The molecule has 2 rings (SSSR count). The first-order valence-corrected chi connectivity index (χ1v) is 9.22. The van der Waals surface area contributed by atoms with Crippen LogP contribution in [-0.4, -0.2) is 13.1 Å². The average molecular weight is 366 g/mol. The molecule has 3 heteroatoms. The Morgan fingerprint density at radius 2 is 1.81 bits per heavy atom. The number of nitrogens with one attached hydrogen (secondary N) is 1. The maximum absolute atomic E-state index is 3.66. The maximum atomic E-state index is 3.66. The van der Waals surface area contributed by atoms with Crippen LogP contribution >= 0.6 is 27.3 Å². The zero-order chi connectivity index (χ0) is 15.2. The van der Waals surface area contributed by atoms with Gasteiger partial charge in [0.15, 0.2) is 0 Å². The van der Waals surface area contributed by atoms with Crippen molar-refractivity contribution in [3.05, 3.63) is 56.2 Å². The van der Waals surface area contributed by atoms with Gasteiger partial charge in [-0.3, -0.25) is 0 Å². The molecule has 0 spiro atoms. The van der Waals surface area contributed by atoms with Crippen LogP contribution in [0.5, 0.6) is 0 Å². The Bertz CT molecular complexity index is 545. The van der Waals surface area contributed by atoms with E-state index >= 15 is 0 Å². The third-order valence-electron chi connectivity index (χ3n) is 3.61. The lowest BCUT2D eigenvalue weighted by Gasteiger charge is -2.19. The van der Waals surface area contributed by atoms with E-state index in [1.54, 1.807) is 0 Å². The van der Waals surface area contributed by atoms with Crippen LogP contribution in [0.1, 0.15) is 35.8 Å². The molecule has 0 aliphatic carbocycles. The van der Waals surface area contributed by atoms with Crippen molar-refractivity contribution in [3.63, 3.8) is 0 Å². The van der Waals surface area contributed by atoms with E-state index < -0.39 is 0 Å². The van der Waals surface area contributed by atoms with Crippen LogP contribution in [0.2, 0.25) is 0 Å². The smallest absolute Gasteiger partial charge is 0.0314 e. The van der Waals surface area contributed by atoms with E-state index in [-0.39, 0.29) is 0 Å². The van der Waals surface area contributed by atoms with Gasteiger partial charge in [0, 0.05) is 21.8 Å². The van der Waals surface area contributed by atoms with Gasteiger partial charge in [-0.15, -0.1) is 11.3 Å². The molecule has 0 aliphatic rings. The van der Waals surface area contributed by atoms with Crippen molar-refractivity contribution in [2.75, 3.05) is 13.1 Å². The number of hydrogen-bond acceptors (Lipinski definition) is 2. The van der Waals surface area contributed by atoms with Gasteiger partial charge in [0.2, 0.25) is 0 Å². The molecule has 114 valence electrons. The molecule has 0 aliphatic heterocycles. The molecule has 0 bridgehead atoms. The molecular formula is C18H24BrNS. The minimum atomic E-state index is 0.527. The molecule has 0 saturated heterocycles. The standard InChI is InChI=1S/C18H24BrNS/c1-13(2)11-20-12-16(10-18-17(19)8-9-21-18)15-6-4-14(3)5-7-15/h4-9,13,16,20H,10-12H2,1-3H3. The first-order chi connectivity index (χ1) is 10.1. The quantitative estimate of drug-likeness (QED) is 0.693. The maximum Gasteiger partial charge on any atom is 0.0314 e. The molecule has 0 amide bonds. The lowest BCUT2D eigenvalue weighted by atomic mass is 9.94. The summed E-state index contributed by atoms with van der Waals surface area (Å²) >= 11 is 5.50. The molecule has 1 nitrogen and oxygen atoms in total. The summed E-state index contributed by atoms with van der Waals surface area (Å²) in [5, 5.41) is 5.78. The fourth-order valence-corrected chi connectivity index (χ4v) is 3.98. The highest BCUT2D eigenvalue weighted by Gasteiger charge is 2.15. The second-order valence-corrected chi connectivity index (χ2v) is 7.91. The molecular weight excluding hydrogens is 342 g/mol. The van der Waals surface area contributed by atoms with Crippen LogP contribution in [0.25, 0.3) is 0 Å². The fourth-order valence-electron chi connectivity index (χ4n) is 2.39. The lowest BCUT2D eigenvalue weighted by molar-refractivity contribution is 0.515. The van der Waals surface area contributed by atoms with Crippen LogP contribution < -0.4 is 5.32 Å². The largest absolute Gasteiger partial charge is 0.316 e. The molecule has 2 aromatic rings. The van der Waals surface area contributed by atoms with Gasteiger partial charge in [0.1, 0.15) is 0 Å². The van der Waals surface area contributed by atoms with Gasteiger partial charge in [-0.2, -0.15) is 0 Å². The first-order valence-electron chi connectivity index (χ1n) is 7.55. The molecule has 1 aromatic carbocycles. The Kier molecular flexibility index (Phi) is 6.46. The molecule has 0 saturated carbocycles. The molecule has 21 heavy (non-hydrogen) atoms. The van der Waals surface area contributed by atoms with Crippen molar-refractivity contribution >= 4 is 27.3 Å². The van der Waals surface area contributed by atoms with E-state index in [1.807, 2.05) is 11.3 Å². The minimum Gasteiger partial charge on any atom is -0.316 e. The third kappa shape index (κ3) is 5.24. The van der Waals surface area contributed by atoms with E-state index in [2.05, 4.69) is 77.7 Å². The van der Waals surface area contributed by atoms with Gasteiger partial charge in [-0.1, -0.05) is 43.7 Å². The zero-order valence-electron chi connectivity index (χ0n) is 13.0. The normalized spacial score (nSPS) is 12.8. The van der Waals surface area contributed by atoms with Gasteiger partial charge in [0.05, 0.1) is 0 Å². The highest BCUT2D eigenvalue weighted by Crippen LogP contribution is 2.29. The highest BCUT2D eigenvalue weighted by molar-refractivity contribution is 9.10. The number of aryl methyl sites for hydroxylation is 1. The van der Waals surface area contributed by atoms with Crippen molar-refractivity contribution in [1.29, 1.82) is 0 Å². The minimum absolute atomic E-state index is 0.527. The number of halogens is 1. The van der Waals surface area contributed by atoms with Gasteiger partial charge < -0.3 is 5.32 Å². The first kappa shape index (κ1) is 16.7.